The maximum atomic E-state index is 14.0. The molecule has 1 aromatic carbocycles. The summed E-state index contributed by atoms with van der Waals surface area (Å²) < 4.78 is 28.9. The van der Waals surface area contributed by atoms with Gasteiger partial charge in [-0.15, -0.1) is 11.3 Å². The highest BCUT2D eigenvalue weighted by Crippen LogP contribution is 2.33. The Bertz CT molecular complexity index is 1360. The number of piperidine rings is 1. The fourth-order valence-electron chi connectivity index (χ4n) is 4.11. The molecule has 4 heterocycles. The van der Waals surface area contributed by atoms with Gasteiger partial charge in [-0.1, -0.05) is 0 Å². The van der Waals surface area contributed by atoms with Crippen LogP contribution in [-0.2, 0) is 6.54 Å². The lowest BCUT2D eigenvalue weighted by molar-refractivity contribution is 0.0708. The number of likely N-dealkylation sites (tertiary alicyclic amines) is 1. The number of fused-ring (bicyclic) bond motifs is 1. The molecule has 34 heavy (non-hydrogen) atoms. The fourth-order valence-corrected chi connectivity index (χ4v) is 5.21. The van der Waals surface area contributed by atoms with E-state index < -0.39 is 17.5 Å². The number of nitrogens with one attached hydrogen (secondary N) is 1. The molecule has 1 fully saturated rings. The summed E-state index contributed by atoms with van der Waals surface area (Å²) >= 11 is 1.44. The van der Waals surface area contributed by atoms with Crippen molar-refractivity contribution in [3.05, 3.63) is 87.8 Å². The summed E-state index contributed by atoms with van der Waals surface area (Å²) in [5, 5.41) is 2.90. The molecule has 0 bridgehead atoms. The van der Waals surface area contributed by atoms with Gasteiger partial charge in [-0.3, -0.25) is 14.6 Å². The number of thiophene rings is 1. The molecule has 3 aromatic heterocycles. The Hall–Kier alpha value is -3.66. The molecule has 0 aliphatic carbocycles. The van der Waals surface area contributed by atoms with Crippen molar-refractivity contribution >= 4 is 28.8 Å². The first kappa shape index (κ1) is 22.1. The summed E-state index contributed by atoms with van der Waals surface area (Å²) in [5.41, 5.74) is 1.36. The van der Waals surface area contributed by atoms with Gasteiger partial charge < -0.3 is 14.6 Å². The van der Waals surface area contributed by atoms with Gasteiger partial charge in [0.25, 0.3) is 11.8 Å². The molecule has 1 aliphatic heterocycles. The molecule has 2 amide bonds. The topological polar surface area (TPSA) is 79.6 Å². The van der Waals surface area contributed by atoms with Gasteiger partial charge in [0.15, 0.2) is 5.65 Å². The lowest BCUT2D eigenvalue weighted by Crippen LogP contribution is -2.38. The minimum absolute atomic E-state index is 0.114. The van der Waals surface area contributed by atoms with E-state index in [0.29, 0.717) is 37.4 Å². The quantitative estimate of drug-likeness (QED) is 0.467. The predicted octanol–water partition coefficient (Wildman–Crippen LogP) is 4.02. The van der Waals surface area contributed by atoms with E-state index in [0.717, 1.165) is 28.4 Å². The zero-order valence-corrected chi connectivity index (χ0v) is 18.9. The van der Waals surface area contributed by atoms with E-state index in [2.05, 4.69) is 15.3 Å². The van der Waals surface area contributed by atoms with Crippen LogP contribution in [0.2, 0.25) is 0 Å². The maximum Gasteiger partial charge on any atom is 0.261 e. The summed E-state index contributed by atoms with van der Waals surface area (Å²) in [6, 6.07) is 6.77. The Morgan fingerprint density at radius 2 is 1.94 bits per heavy atom. The second-order valence-electron chi connectivity index (χ2n) is 8.15. The van der Waals surface area contributed by atoms with Crippen LogP contribution in [0.1, 0.15) is 49.4 Å². The number of hydrogen-bond donors (Lipinski definition) is 1. The Balaban J connectivity index is 1.16. The van der Waals surface area contributed by atoms with Crippen LogP contribution in [0.15, 0.2) is 55.1 Å². The molecule has 174 valence electrons. The molecule has 0 saturated carbocycles. The van der Waals surface area contributed by atoms with Gasteiger partial charge in [-0.05, 0) is 43.0 Å². The van der Waals surface area contributed by atoms with Crippen LogP contribution in [0.5, 0.6) is 0 Å². The van der Waals surface area contributed by atoms with Gasteiger partial charge in [0.05, 0.1) is 28.9 Å². The fraction of sp³-hybridized carbons (Fsp3) is 0.250. The average Bonchev–Trinajstić information content (AvgIpc) is 3.52. The first-order valence-electron chi connectivity index (χ1n) is 10.9. The minimum Gasteiger partial charge on any atom is -0.346 e. The molecule has 0 radical (unpaired) electrons. The number of halogens is 2. The summed E-state index contributed by atoms with van der Waals surface area (Å²) in [7, 11) is 0. The number of benzene rings is 1. The summed E-state index contributed by atoms with van der Waals surface area (Å²) in [6.07, 6.45) is 8.43. The largest absolute Gasteiger partial charge is 0.346 e. The van der Waals surface area contributed by atoms with Crippen molar-refractivity contribution in [2.24, 2.45) is 0 Å². The summed E-state index contributed by atoms with van der Waals surface area (Å²) in [6.45, 7) is 1.25. The van der Waals surface area contributed by atoms with Gasteiger partial charge in [0.1, 0.15) is 11.6 Å². The monoisotopic (exact) mass is 481 g/mol. The number of imidazole rings is 1. The highest BCUT2D eigenvalue weighted by molar-refractivity contribution is 7.14. The summed E-state index contributed by atoms with van der Waals surface area (Å²) in [5.74, 6) is -1.92. The zero-order valence-electron chi connectivity index (χ0n) is 18.1. The van der Waals surface area contributed by atoms with Crippen LogP contribution in [0.4, 0.5) is 8.78 Å². The Labute approximate surface area is 198 Å². The number of rotatable bonds is 5. The third-order valence-corrected chi connectivity index (χ3v) is 7.21. The molecule has 1 N–H and O–H groups in total. The Morgan fingerprint density at radius 3 is 2.74 bits per heavy atom. The van der Waals surface area contributed by atoms with Crippen LogP contribution < -0.4 is 5.32 Å². The van der Waals surface area contributed by atoms with E-state index in [1.807, 2.05) is 28.9 Å². The Kier molecular flexibility index (Phi) is 6.06. The number of carbonyl (C=O) groups excluding carboxylic acids is 2. The highest BCUT2D eigenvalue weighted by atomic mass is 32.1. The molecule has 4 aromatic rings. The van der Waals surface area contributed by atoms with E-state index >= 15 is 0 Å². The zero-order chi connectivity index (χ0) is 23.7. The molecule has 1 aliphatic rings. The molecule has 10 heteroatoms. The van der Waals surface area contributed by atoms with Crippen LogP contribution >= 0.6 is 11.3 Å². The first-order chi connectivity index (χ1) is 16.5. The lowest BCUT2D eigenvalue weighted by atomic mass is 9.95. The van der Waals surface area contributed by atoms with Crippen molar-refractivity contribution in [1.82, 2.24) is 24.6 Å². The smallest absolute Gasteiger partial charge is 0.261 e. The first-order valence-corrected chi connectivity index (χ1v) is 11.7. The molecule has 5 rings (SSSR count). The molecule has 7 nitrogen and oxygen atoms in total. The van der Waals surface area contributed by atoms with Crippen molar-refractivity contribution in [2.45, 2.75) is 25.3 Å². The second-order valence-corrected chi connectivity index (χ2v) is 9.26. The van der Waals surface area contributed by atoms with E-state index in [4.69, 9.17) is 0 Å². The third kappa shape index (κ3) is 4.54. The SMILES string of the molecule is O=C(NCc1cn2ccnc2cn1)c1ccc(C2CCN(C(=O)c3ccc(F)cc3F)CC2)s1. The van der Waals surface area contributed by atoms with Gasteiger partial charge in [0.2, 0.25) is 0 Å². The number of hydrogen-bond acceptors (Lipinski definition) is 5. The molecular weight excluding hydrogens is 460 g/mol. The second kappa shape index (κ2) is 9.30. The van der Waals surface area contributed by atoms with Crippen molar-refractivity contribution < 1.29 is 18.4 Å². The van der Waals surface area contributed by atoms with E-state index in [-0.39, 0.29) is 17.4 Å². The number of amides is 2. The van der Waals surface area contributed by atoms with Crippen molar-refractivity contribution in [3.8, 4) is 0 Å². The Morgan fingerprint density at radius 1 is 1.12 bits per heavy atom. The normalized spacial score (nSPS) is 14.5. The standard InChI is InChI=1S/C24H21F2N5O2S/c25-16-1-2-18(19(26)11-16)24(33)30-8-5-15(6-9-30)20-3-4-21(34-20)23(32)29-12-17-14-31-10-7-27-22(31)13-28-17/h1-4,7,10-11,13-15H,5-6,8-9,12H2,(H,29,32). The van der Waals surface area contributed by atoms with E-state index in [1.165, 1.54) is 17.4 Å². The van der Waals surface area contributed by atoms with Crippen molar-refractivity contribution in [3.63, 3.8) is 0 Å². The lowest BCUT2D eigenvalue weighted by Gasteiger charge is -2.31. The van der Waals surface area contributed by atoms with Gasteiger partial charge >= 0.3 is 0 Å². The van der Waals surface area contributed by atoms with Crippen LogP contribution in [0.25, 0.3) is 5.65 Å². The van der Waals surface area contributed by atoms with Crippen molar-refractivity contribution in [2.75, 3.05) is 13.1 Å². The average molecular weight is 482 g/mol. The van der Waals surface area contributed by atoms with Crippen LogP contribution in [-0.4, -0.2) is 44.2 Å². The van der Waals surface area contributed by atoms with Gasteiger partial charge in [0, 0.05) is 42.6 Å². The highest BCUT2D eigenvalue weighted by Gasteiger charge is 2.27. The number of nitrogens with zero attached hydrogens (tertiary/aromatic N) is 4. The molecular formula is C24H21F2N5O2S. The third-order valence-electron chi connectivity index (χ3n) is 5.96. The molecule has 1 saturated heterocycles. The number of carbonyl (C=O) groups is 2. The molecule has 0 spiro atoms. The van der Waals surface area contributed by atoms with Gasteiger partial charge in [-0.2, -0.15) is 0 Å². The van der Waals surface area contributed by atoms with Gasteiger partial charge in [-0.25, -0.2) is 13.8 Å². The number of aromatic nitrogens is 3. The van der Waals surface area contributed by atoms with Crippen LogP contribution in [0, 0.1) is 11.6 Å². The minimum atomic E-state index is -0.846. The predicted molar refractivity (Wildman–Crippen MR) is 123 cm³/mol. The van der Waals surface area contributed by atoms with Crippen LogP contribution in [0.3, 0.4) is 0 Å². The van der Waals surface area contributed by atoms with E-state index in [9.17, 15) is 18.4 Å². The van der Waals surface area contributed by atoms with E-state index in [1.54, 1.807) is 17.3 Å². The summed E-state index contributed by atoms with van der Waals surface area (Å²) in [4.78, 5) is 37.0. The molecule has 0 atom stereocenters. The molecule has 0 unspecified atom stereocenters. The maximum absolute atomic E-state index is 14.0. The van der Waals surface area contributed by atoms with Crippen molar-refractivity contribution in [1.29, 1.82) is 0 Å².